The van der Waals surface area contributed by atoms with Gasteiger partial charge >= 0.3 is 0 Å². The minimum atomic E-state index is -0.555. The summed E-state index contributed by atoms with van der Waals surface area (Å²) in [7, 11) is 0. The Morgan fingerprint density at radius 2 is 0.552 bits per heavy atom. The summed E-state index contributed by atoms with van der Waals surface area (Å²) in [5, 5.41) is 15.4. The second kappa shape index (κ2) is 13.7. The highest BCUT2D eigenvalue weighted by Crippen LogP contribution is 2.68. The predicted octanol–water partition coefficient (Wildman–Crippen LogP) is 18.0. The molecule has 0 atom stereocenters. The predicted molar refractivity (Wildman–Crippen MR) is 284 cm³/mol. The Bertz CT molecular complexity index is 4160. The molecule has 15 rings (SSSR count). The topological polar surface area (TPSA) is 0 Å². The molecule has 0 N–H and O–H groups in total. The van der Waals surface area contributed by atoms with Crippen molar-refractivity contribution in [3.8, 4) is 55.6 Å². The first kappa shape index (κ1) is 36.7. The molecule has 2 aliphatic rings. The smallest absolute Gasteiger partial charge is 0.0622 e. The van der Waals surface area contributed by atoms with E-state index in [1.807, 2.05) is 0 Å². The lowest BCUT2D eigenvalue weighted by Crippen LogP contribution is -2.26. The molecule has 13 aromatic rings. The van der Waals surface area contributed by atoms with E-state index < -0.39 is 5.41 Å². The molecule has 0 saturated carbocycles. The van der Waals surface area contributed by atoms with Crippen molar-refractivity contribution in [2.75, 3.05) is 0 Å². The van der Waals surface area contributed by atoms with Crippen molar-refractivity contribution in [2.45, 2.75) is 5.41 Å². The Hall–Kier alpha value is -8.58. The monoisotopic (exact) mass is 844 g/mol. The first-order valence-electron chi connectivity index (χ1n) is 23.5. The minimum absolute atomic E-state index is 0.555. The van der Waals surface area contributed by atoms with E-state index >= 15 is 0 Å². The Morgan fingerprint density at radius 1 is 0.194 bits per heavy atom. The van der Waals surface area contributed by atoms with E-state index in [-0.39, 0.29) is 0 Å². The summed E-state index contributed by atoms with van der Waals surface area (Å²) in [5.41, 5.74) is 17.8. The first-order chi connectivity index (χ1) is 33.3. The molecule has 0 bridgehead atoms. The van der Waals surface area contributed by atoms with Crippen LogP contribution < -0.4 is 0 Å². The highest BCUT2D eigenvalue weighted by atomic mass is 14.5. The van der Waals surface area contributed by atoms with Crippen molar-refractivity contribution in [2.24, 2.45) is 0 Å². The van der Waals surface area contributed by atoms with Gasteiger partial charge in [-0.25, -0.2) is 0 Å². The molecule has 0 heteroatoms. The SMILES string of the molecule is c1ccc(-c2cccc(-c3c4ccccc4c(-c4ccc5c6c(c7ccccc7c5c4)-c4c(c5ccccc5c5ccccc45)C64c5ccccc5-c5ccccc54)c4ccccc34)c2)cc1. The van der Waals surface area contributed by atoms with E-state index in [4.69, 9.17) is 0 Å². The van der Waals surface area contributed by atoms with Crippen LogP contribution in [0.4, 0.5) is 0 Å². The van der Waals surface area contributed by atoms with Gasteiger partial charge in [0.15, 0.2) is 0 Å². The molecular weight excluding hydrogens is 805 g/mol. The van der Waals surface area contributed by atoms with Crippen LogP contribution in [0, 0.1) is 0 Å². The Balaban J connectivity index is 1.08. The maximum absolute atomic E-state index is 2.53. The van der Waals surface area contributed by atoms with Crippen LogP contribution in [-0.4, -0.2) is 0 Å². The van der Waals surface area contributed by atoms with Crippen molar-refractivity contribution in [3.63, 3.8) is 0 Å². The van der Waals surface area contributed by atoms with Gasteiger partial charge in [-0.3, -0.25) is 0 Å². The quantitative estimate of drug-likeness (QED) is 0.123. The summed E-state index contributed by atoms with van der Waals surface area (Å²) in [4.78, 5) is 0. The standard InChI is InChI=1S/C67H40/c1-2-19-41(20-3-1)42-21-18-22-43(39-42)61-52-30-9-11-32-54(52)62(55-33-12-10-31-53(55)61)44-37-38-57-58(40-44)47-25-5-8-29-51(47)64-63-50-28-7-4-23-45(50)46-24-6-13-34-56(46)65(63)67(66(57)64)59-35-16-14-26-48(59)49-27-15-17-36-60(49)67/h1-40H. The lowest BCUT2D eigenvalue weighted by atomic mass is 9.67. The highest BCUT2D eigenvalue weighted by molar-refractivity contribution is 6.29. The van der Waals surface area contributed by atoms with Crippen LogP contribution in [0.1, 0.15) is 22.3 Å². The fourth-order valence-electron chi connectivity index (χ4n) is 12.9. The number of hydrogen-bond donors (Lipinski definition) is 0. The average Bonchev–Trinajstić information content (AvgIpc) is 3.89. The van der Waals surface area contributed by atoms with Gasteiger partial charge in [-0.1, -0.05) is 231 Å². The van der Waals surface area contributed by atoms with E-state index in [1.165, 1.54) is 143 Å². The van der Waals surface area contributed by atoms with Crippen molar-refractivity contribution < 1.29 is 0 Å². The van der Waals surface area contributed by atoms with E-state index in [2.05, 4.69) is 243 Å². The lowest BCUT2D eigenvalue weighted by molar-refractivity contribution is 0.810. The molecule has 0 saturated heterocycles. The fraction of sp³-hybridized carbons (Fsp3) is 0.0149. The van der Waals surface area contributed by atoms with Gasteiger partial charge < -0.3 is 0 Å². The van der Waals surface area contributed by atoms with E-state index in [9.17, 15) is 0 Å². The maximum Gasteiger partial charge on any atom is 0.0738 e. The van der Waals surface area contributed by atoms with Gasteiger partial charge in [-0.05, 0) is 155 Å². The molecule has 0 fully saturated rings. The summed E-state index contributed by atoms with van der Waals surface area (Å²) in [6.07, 6.45) is 0. The summed E-state index contributed by atoms with van der Waals surface area (Å²) in [6.45, 7) is 0. The second-order valence-electron chi connectivity index (χ2n) is 18.5. The van der Waals surface area contributed by atoms with Gasteiger partial charge in [0, 0.05) is 0 Å². The third-order valence-corrected chi connectivity index (χ3v) is 15.4. The molecule has 0 heterocycles. The molecule has 13 aromatic carbocycles. The van der Waals surface area contributed by atoms with Gasteiger partial charge in [0.2, 0.25) is 0 Å². The van der Waals surface area contributed by atoms with Gasteiger partial charge in [0.1, 0.15) is 0 Å². The Kier molecular flexibility index (Phi) is 7.52. The zero-order chi connectivity index (χ0) is 43.8. The van der Waals surface area contributed by atoms with Crippen LogP contribution in [0.25, 0.3) is 120 Å². The van der Waals surface area contributed by atoms with Crippen molar-refractivity contribution >= 4 is 64.6 Å². The first-order valence-corrected chi connectivity index (χ1v) is 23.5. The van der Waals surface area contributed by atoms with E-state index in [1.54, 1.807) is 0 Å². The Morgan fingerprint density at radius 3 is 1.09 bits per heavy atom. The maximum atomic E-state index is 2.53. The van der Waals surface area contributed by atoms with Crippen LogP contribution in [0.2, 0.25) is 0 Å². The summed E-state index contributed by atoms with van der Waals surface area (Å²) < 4.78 is 0. The molecule has 0 unspecified atom stereocenters. The summed E-state index contributed by atoms with van der Waals surface area (Å²) in [5.74, 6) is 0. The van der Waals surface area contributed by atoms with Crippen molar-refractivity contribution in [1.29, 1.82) is 0 Å². The zero-order valence-electron chi connectivity index (χ0n) is 36.6. The van der Waals surface area contributed by atoms with Gasteiger partial charge in [0.05, 0.1) is 5.41 Å². The van der Waals surface area contributed by atoms with Gasteiger partial charge in [-0.15, -0.1) is 0 Å². The van der Waals surface area contributed by atoms with E-state index in [0.29, 0.717) is 0 Å². The van der Waals surface area contributed by atoms with Crippen LogP contribution in [-0.2, 0) is 5.41 Å². The molecular formula is C67H40. The largest absolute Gasteiger partial charge is 0.0738 e. The Labute approximate surface area is 388 Å². The normalized spacial score (nSPS) is 13.2. The van der Waals surface area contributed by atoms with Crippen LogP contribution in [0.15, 0.2) is 243 Å². The molecule has 1 spiro atoms. The third kappa shape index (κ3) is 4.81. The highest BCUT2D eigenvalue weighted by Gasteiger charge is 2.54. The fourth-order valence-corrected chi connectivity index (χ4v) is 12.9. The number of fused-ring (bicyclic) bond motifs is 22. The lowest BCUT2D eigenvalue weighted by Gasteiger charge is -2.33. The molecule has 67 heavy (non-hydrogen) atoms. The van der Waals surface area contributed by atoms with Crippen LogP contribution in [0.3, 0.4) is 0 Å². The van der Waals surface area contributed by atoms with Crippen molar-refractivity contribution in [1.82, 2.24) is 0 Å². The van der Waals surface area contributed by atoms with Gasteiger partial charge in [-0.2, -0.15) is 0 Å². The average molecular weight is 845 g/mol. The molecule has 0 aromatic heterocycles. The third-order valence-electron chi connectivity index (χ3n) is 15.4. The minimum Gasteiger partial charge on any atom is -0.0622 e. The summed E-state index contributed by atoms with van der Waals surface area (Å²) in [6, 6.07) is 91.4. The number of benzene rings is 13. The molecule has 2 aliphatic carbocycles. The zero-order valence-corrected chi connectivity index (χ0v) is 36.6. The van der Waals surface area contributed by atoms with Crippen LogP contribution in [0.5, 0.6) is 0 Å². The molecule has 0 nitrogen and oxygen atoms in total. The van der Waals surface area contributed by atoms with E-state index in [0.717, 1.165) is 0 Å². The number of hydrogen-bond acceptors (Lipinski definition) is 0. The number of rotatable bonds is 3. The molecule has 0 radical (unpaired) electrons. The second-order valence-corrected chi connectivity index (χ2v) is 18.5. The molecule has 0 amide bonds. The molecule has 0 aliphatic heterocycles. The van der Waals surface area contributed by atoms with Gasteiger partial charge in [0.25, 0.3) is 0 Å². The summed E-state index contributed by atoms with van der Waals surface area (Å²) >= 11 is 0. The van der Waals surface area contributed by atoms with Crippen LogP contribution >= 0.6 is 0 Å². The molecule has 308 valence electrons. The van der Waals surface area contributed by atoms with Crippen molar-refractivity contribution in [3.05, 3.63) is 265 Å².